The Bertz CT molecular complexity index is 361. The van der Waals surface area contributed by atoms with Crippen LogP contribution in [0.3, 0.4) is 0 Å². The van der Waals surface area contributed by atoms with Crippen LogP contribution in [-0.2, 0) is 0 Å². The van der Waals surface area contributed by atoms with E-state index in [1.54, 1.807) is 13.0 Å². The predicted octanol–water partition coefficient (Wildman–Crippen LogP) is 0.790. The van der Waals surface area contributed by atoms with Crippen LogP contribution in [0.5, 0.6) is 0 Å². The van der Waals surface area contributed by atoms with Crippen molar-refractivity contribution in [3.63, 3.8) is 0 Å². The number of primary amides is 1. The maximum Gasteiger partial charge on any atom is 0.339 e. The summed E-state index contributed by atoms with van der Waals surface area (Å²) in [5, 5.41) is 9.42. The molecule has 0 aliphatic rings. The van der Waals surface area contributed by atoms with Crippen molar-refractivity contribution >= 4 is 6.03 Å². The minimum Gasteiger partial charge on any atom is -0.471 e. The van der Waals surface area contributed by atoms with E-state index in [4.69, 9.17) is 15.4 Å². The summed E-state index contributed by atoms with van der Waals surface area (Å²) in [6.07, 6.45) is 2.95. The first-order valence-electron chi connectivity index (χ1n) is 3.92. The highest BCUT2D eigenvalue weighted by Gasteiger charge is 2.11. The van der Waals surface area contributed by atoms with Gasteiger partial charge in [-0.2, -0.15) is 5.06 Å². The van der Waals surface area contributed by atoms with Gasteiger partial charge >= 0.3 is 6.03 Å². The fourth-order valence-electron chi connectivity index (χ4n) is 0.775. The van der Waals surface area contributed by atoms with E-state index in [0.717, 1.165) is 0 Å². The highest BCUT2D eigenvalue weighted by atomic mass is 16.5. The Labute approximate surface area is 81.1 Å². The highest BCUT2D eigenvalue weighted by Crippen LogP contribution is 1.98. The second-order valence-electron chi connectivity index (χ2n) is 2.64. The zero-order valence-corrected chi connectivity index (χ0v) is 7.60. The summed E-state index contributed by atoms with van der Waals surface area (Å²) in [7, 11) is 0. The van der Waals surface area contributed by atoms with E-state index < -0.39 is 12.1 Å². The quantitative estimate of drug-likeness (QED) is 0.394. The number of nitrogens with zero attached hydrogens (tertiary/aromatic N) is 1. The van der Waals surface area contributed by atoms with E-state index in [1.165, 1.54) is 12.5 Å². The first kappa shape index (κ1) is 10.2. The van der Waals surface area contributed by atoms with Crippen LogP contribution in [0.15, 0.2) is 23.0 Å². The second-order valence-corrected chi connectivity index (χ2v) is 2.64. The van der Waals surface area contributed by atoms with Gasteiger partial charge in [-0.1, -0.05) is 11.8 Å². The van der Waals surface area contributed by atoms with Crippen molar-refractivity contribution in [1.82, 2.24) is 5.06 Å². The molecule has 3 N–H and O–H groups in total. The minimum atomic E-state index is -0.931. The van der Waals surface area contributed by atoms with E-state index in [0.29, 0.717) is 10.6 Å². The van der Waals surface area contributed by atoms with Crippen molar-refractivity contribution in [2.45, 2.75) is 13.0 Å². The summed E-state index contributed by atoms with van der Waals surface area (Å²) >= 11 is 0. The van der Waals surface area contributed by atoms with Gasteiger partial charge in [0.15, 0.2) is 0 Å². The Kier molecular flexibility index (Phi) is 3.15. The Hall–Kier alpha value is -1.93. The van der Waals surface area contributed by atoms with E-state index in [-0.39, 0.29) is 0 Å². The summed E-state index contributed by atoms with van der Waals surface area (Å²) in [5.74, 6) is 5.34. The average Bonchev–Trinajstić information content (AvgIpc) is 2.65. The number of urea groups is 1. The number of amides is 2. The lowest BCUT2D eigenvalue weighted by Crippen LogP contribution is -2.38. The molecule has 1 atom stereocenters. The molecule has 0 saturated carbocycles. The molecule has 1 unspecified atom stereocenters. The fourth-order valence-corrected chi connectivity index (χ4v) is 0.775. The highest BCUT2D eigenvalue weighted by molar-refractivity contribution is 5.71. The predicted molar refractivity (Wildman–Crippen MR) is 48.3 cm³/mol. The summed E-state index contributed by atoms with van der Waals surface area (Å²) in [5.41, 5.74) is 5.51. The van der Waals surface area contributed by atoms with Crippen molar-refractivity contribution in [2.24, 2.45) is 5.73 Å². The second kappa shape index (κ2) is 4.35. The van der Waals surface area contributed by atoms with Crippen LogP contribution in [0.4, 0.5) is 4.79 Å². The first-order chi connectivity index (χ1) is 6.61. The number of hydroxylamine groups is 2. The lowest BCUT2D eigenvalue weighted by molar-refractivity contribution is -0.0536. The third kappa shape index (κ3) is 2.54. The molecule has 0 fully saturated rings. The Morgan fingerprint density at radius 2 is 2.50 bits per heavy atom. The molecule has 0 aromatic carbocycles. The molecular formula is C9H10N2O3. The Balaban J connectivity index is 2.64. The first-order valence-corrected chi connectivity index (χ1v) is 3.92. The molecule has 0 aliphatic heterocycles. The maximum absolute atomic E-state index is 10.5. The largest absolute Gasteiger partial charge is 0.471 e. The summed E-state index contributed by atoms with van der Waals surface area (Å²) in [6.45, 7) is 1.55. The lowest BCUT2D eigenvalue weighted by atomic mass is 10.3. The van der Waals surface area contributed by atoms with Gasteiger partial charge in [0.25, 0.3) is 0 Å². The molecule has 14 heavy (non-hydrogen) atoms. The molecule has 2 amide bonds. The zero-order chi connectivity index (χ0) is 10.6. The van der Waals surface area contributed by atoms with Crippen LogP contribution in [0.2, 0.25) is 0 Å². The van der Waals surface area contributed by atoms with Crippen LogP contribution in [-0.4, -0.2) is 22.3 Å². The number of furan rings is 1. The van der Waals surface area contributed by atoms with Gasteiger partial charge in [-0.3, -0.25) is 5.21 Å². The average molecular weight is 194 g/mol. The van der Waals surface area contributed by atoms with Gasteiger partial charge in [0.2, 0.25) is 0 Å². The number of carbonyl (C=O) groups is 1. The van der Waals surface area contributed by atoms with Crippen molar-refractivity contribution in [3.8, 4) is 11.8 Å². The molecule has 1 rings (SSSR count). The molecule has 1 aromatic heterocycles. The third-order valence-electron chi connectivity index (χ3n) is 1.54. The van der Waals surface area contributed by atoms with Crippen molar-refractivity contribution in [2.75, 3.05) is 0 Å². The number of rotatable bonds is 1. The number of hydrogen-bond donors (Lipinski definition) is 2. The minimum absolute atomic E-state index is 0.368. The smallest absolute Gasteiger partial charge is 0.339 e. The van der Waals surface area contributed by atoms with Gasteiger partial charge in [0, 0.05) is 0 Å². The Morgan fingerprint density at radius 3 is 3.00 bits per heavy atom. The third-order valence-corrected chi connectivity index (χ3v) is 1.54. The molecule has 1 heterocycles. The van der Waals surface area contributed by atoms with E-state index in [9.17, 15) is 4.79 Å². The molecule has 0 bridgehead atoms. The molecule has 5 heteroatoms. The monoisotopic (exact) mass is 194 g/mol. The number of carbonyl (C=O) groups excluding carboxylic acids is 1. The molecule has 0 spiro atoms. The van der Waals surface area contributed by atoms with Gasteiger partial charge in [0.1, 0.15) is 12.3 Å². The van der Waals surface area contributed by atoms with E-state index in [2.05, 4.69) is 11.8 Å². The van der Waals surface area contributed by atoms with Gasteiger partial charge in [-0.05, 0) is 13.0 Å². The topological polar surface area (TPSA) is 79.7 Å². The molecule has 74 valence electrons. The standard InChI is InChI=1S/C9H10N2O3/c1-7(11(13)9(10)12)2-3-8-4-5-14-6-8/h4-7,13H,1H3,(H2,10,12). The van der Waals surface area contributed by atoms with Crippen molar-refractivity contribution < 1.29 is 14.4 Å². The summed E-state index contributed by atoms with van der Waals surface area (Å²) in [6, 6.07) is 0.0903. The SMILES string of the molecule is CC(C#Cc1ccoc1)N(O)C(N)=O. The molecular weight excluding hydrogens is 184 g/mol. The van der Waals surface area contributed by atoms with E-state index >= 15 is 0 Å². The van der Waals surface area contributed by atoms with Gasteiger partial charge < -0.3 is 10.2 Å². The van der Waals surface area contributed by atoms with Crippen LogP contribution in [0.1, 0.15) is 12.5 Å². The molecule has 0 aliphatic carbocycles. The fraction of sp³-hybridized carbons (Fsp3) is 0.222. The van der Waals surface area contributed by atoms with Crippen molar-refractivity contribution in [3.05, 3.63) is 24.2 Å². The zero-order valence-electron chi connectivity index (χ0n) is 7.60. The van der Waals surface area contributed by atoms with Crippen LogP contribution in [0.25, 0.3) is 0 Å². The normalized spacial score (nSPS) is 11.3. The number of hydrogen-bond acceptors (Lipinski definition) is 3. The number of nitrogens with two attached hydrogens (primary N) is 1. The van der Waals surface area contributed by atoms with Crippen LogP contribution in [0, 0.1) is 11.8 Å². The Morgan fingerprint density at radius 1 is 1.79 bits per heavy atom. The van der Waals surface area contributed by atoms with Crippen LogP contribution >= 0.6 is 0 Å². The van der Waals surface area contributed by atoms with Crippen LogP contribution < -0.4 is 5.73 Å². The molecule has 5 nitrogen and oxygen atoms in total. The van der Waals surface area contributed by atoms with Gasteiger partial charge in [-0.15, -0.1) is 0 Å². The lowest BCUT2D eigenvalue weighted by Gasteiger charge is -2.14. The van der Waals surface area contributed by atoms with Crippen molar-refractivity contribution in [1.29, 1.82) is 0 Å². The van der Waals surface area contributed by atoms with E-state index in [1.807, 2.05) is 0 Å². The van der Waals surface area contributed by atoms with Gasteiger partial charge in [-0.25, -0.2) is 4.79 Å². The molecule has 1 aromatic rings. The summed E-state index contributed by atoms with van der Waals surface area (Å²) < 4.78 is 4.78. The maximum atomic E-state index is 10.5. The van der Waals surface area contributed by atoms with Gasteiger partial charge in [0.05, 0.1) is 11.8 Å². The molecule has 0 radical (unpaired) electrons. The summed E-state index contributed by atoms with van der Waals surface area (Å²) in [4.78, 5) is 10.5. The molecule has 0 saturated heterocycles.